The summed E-state index contributed by atoms with van der Waals surface area (Å²) in [5.41, 5.74) is -0.318. The summed E-state index contributed by atoms with van der Waals surface area (Å²) in [5, 5.41) is 18.8. The molecule has 0 aromatic rings. The standard InChI is InChI=1S/C32H56N4O6S/c1-6-7-8-9-10-14-22(2)28(30(39)40)35-29(38)24-16-13-18-36(24)27(37)21-34-31(41)42-26(32(3,4)5)20-33-19-23-15-11-12-17-25(23)43/h10,14,22-26,28,33,43H,6-9,11-13,15-21H2,1-5H3,(H,34,41)(H,35,38)(H,39,40)/b14-10-/t22?,23?,24-,25?,26?,28?/m0/s1. The lowest BCUT2D eigenvalue weighted by Crippen LogP contribution is -2.54. The highest BCUT2D eigenvalue weighted by molar-refractivity contribution is 7.81. The van der Waals surface area contributed by atoms with Gasteiger partial charge in [-0.2, -0.15) is 12.6 Å². The molecule has 2 fully saturated rings. The van der Waals surface area contributed by atoms with Gasteiger partial charge in [0, 0.05) is 29.7 Å². The van der Waals surface area contributed by atoms with Crippen molar-refractivity contribution >= 4 is 36.5 Å². The molecular formula is C32H56N4O6S. The van der Waals surface area contributed by atoms with Crippen LogP contribution in [0.1, 0.15) is 98.8 Å². The van der Waals surface area contributed by atoms with Crippen molar-refractivity contribution < 1.29 is 29.0 Å². The molecule has 1 saturated heterocycles. The second-order valence-electron chi connectivity index (χ2n) is 13.2. The molecule has 0 spiro atoms. The highest BCUT2D eigenvalue weighted by atomic mass is 32.1. The molecule has 0 radical (unpaired) electrons. The number of likely N-dealkylation sites (tertiary alicyclic amines) is 1. The number of nitrogens with one attached hydrogen (secondary N) is 3. The summed E-state index contributed by atoms with van der Waals surface area (Å²) in [6.45, 7) is 11.3. The molecule has 6 atom stereocenters. The van der Waals surface area contributed by atoms with E-state index in [1.54, 1.807) is 6.92 Å². The monoisotopic (exact) mass is 624 g/mol. The molecule has 5 unspecified atom stereocenters. The van der Waals surface area contributed by atoms with Crippen LogP contribution in [0.4, 0.5) is 4.79 Å². The van der Waals surface area contributed by atoms with Crippen LogP contribution in [0.3, 0.4) is 0 Å². The Hall–Kier alpha value is -2.27. The first-order valence-electron chi connectivity index (χ1n) is 16.2. The number of thiol groups is 1. The first-order valence-corrected chi connectivity index (χ1v) is 16.7. The molecule has 0 aromatic heterocycles. The Balaban J connectivity index is 1.87. The van der Waals surface area contributed by atoms with E-state index in [1.165, 1.54) is 17.7 Å². The lowest BCUT2D eigenvalue weighted by molar-refractivity contribution is -0.144. The van der Waals surface area contributed by atoms with Crippen LogP contribution >= 0.6 is 12.6 Å². The zero-order valence-corrected chi connectivity index (χ0v) is 27.8. The minimum atomic E-state index is -1.12. The van der Waals surface area contributed by atoms with Crippen LogP contribution in [0.25, 0.3) is 0 Å². The van der Waals surface area contributed by atoms with Gasteiger partial charge in [-0.05, 0) is 51.0 Å². The van der Waals surface area contributed by atoms with E-state index in [-0.39, 0.29) is 12.0 Å². The fourth-order valence-corrected chi connectivity index (χ4v) is 6.15. The predicted octanol–water partition coefficient (Wildman–Crippen LogP) is 4.54. The third-order valence-electron chi connectivity index (χ3n) is 8.58. The number of hydrogen-bond donors (Lipinski definition) is 5. The maximum Gasteiger partial charge on any atom is 0.407 e. The van der Waals surface area contributed by atoms with Crippen molar-refractivity contribution in [3.63, 3.8) is 0 Å². The number of nitrogens with zero attached hydrogens (tertiary/aromatic N) is 1. The molecule has 0 bridgehead atoms. The van der Waals surface area contributed by atoms with Gasteiger partial charge in [-0.1, -0.05) is 72.5 Å². The molecule has 4 N–H and O–H groups in total. The minimum absolute atomic E-state index is 0.310. The number of carboxylic acid groups (broad SMARTS) is 1. The number of carboxylic acids is 1. The van der Waals surface area contributed by atoms with Crippen LogP contribution in [-0.2, 0) is 19.1 Å². The maximum absolute atomic E-state index is 13.1. The number of rotatable bonds is 16. The van der Waals surface area contributed by atoms with E-state index in [0.717, 1.165) is 45.1 Å². The van der Waals surface area contributed by atoms with Crippen molar-refractivity contribution in [2.45, 2.75) is 122 Å². The second-order valence-corrected chi connectivity index (χ2v) is 13.9. The number of hydrogen-bond acceptors (Lipinski definition) is 7. The van der Waals surface area contributed by atoms with Gasteiger partial charge in [0.25, 0.3) is 0 Å². The number of ether oxygens (including phenoxy) is 1. The Kier molecular flexibility index (Phi) is 15.9. The van der Waals surface area contributed by atoms with Crippen LogP contribution in [0.5, 0.6) is 0 Å². The molecule has 2 rings (SSSR count). The van der Waals surface area contributed by atoms with Gasteiger partial charge in [0.05, 0.1) is 0 Å². The Morgan fingerprint density at radius 3 is 2.47 bits per heavy atom. The van der Waals surface area contributed by atoms with Crippen LogP contribution in [-0.4, -0.2) is 83.5 Å². The number of carbonyl (C=O) groups excluding carboxylic acids is 3. The van der Waals surface area contributed by atoms with Gasteiger partial charge < -0.3 is 30.7 Å². The number of unbranched alkanes of at least 4 members (excludes halogenated alkanes) is 3. The van der Waals surface area contributed by atoms with E-state index in [2.05, 4.69) is 22.9 Å². The number of carbonyl (C=O) groups is 4. The lowest BCUT2D eigenvalue weighted by atomic mass is 9.87. The number of aliphatic carboxylic acids is 1. The molecule has 10 nitrogen and oxygen atoms in total. The first kappa shape index (κ1) is 36.9. The quantitative estimate of drug-likeness (QED) is 0.0966. The van der Waals surface area contributed by atoms with Crippen molar-refractivity contribution in [3.05, 3.63) is 12.2 Å². The number of allylic oxidation sites excluding steroid dienone is 1. The average Bonchev–Trinajstić information content (AvgIpc) is 3.44. The van der Waals surface area contributed by atoms with Gasteiger partial charge in [0.1, 0.15) is 24.7 Å². The number of amides is 3. The molecule has 1 saturated carbocycles. The van der Waals surface area contributed by atoms with Crippen LogP contribution in [0.2, 0.25) is 0 Å². The van der Waals surface area contributed by atoms with Crippen molar-refractivity contribution in [1.29, 1.82) is 0 Å². The topological polar surface area (TPSA) is 137 Å². The fourth-order valence-electron chi connectivity index (χ4n) is 5.71. The molecule has 43 heavy (non-hydrogen) atoms. The van der Waals surface area contributed by atoms with Crippen molar-refractivity contribution in [1.82, 2.24) is 20.9 Å². The smallest absolute Gasteiger partial charge is 0.407 e. The number of alkyl carbamates (subject to hydrolysis) is 1. The van der Waals surface area contributed by atoms with Crippen molar-refractivity contribution in [3.8, 4) is 0 Å². The van der Waals surface area contributed by atoms with Gasteiger partial charge in [-0.25, -0.2) is 9.59 Å². The molecule has 246 valence electrons. The normalized spacial score (nSPS) is 23.0. The second kappa shape index (κ2) is 18.5. The summed E-state index contributed by atoms with van der Waals surface area (Å²) in [7, 11) is 0. The van der Waals surface area contributed by atoms with Gasteiger partial charge in [0.2, 0.25) is 11.8 Å². The average molecular weight is 625 g/mol. The summed E-state index contributed by atoms with van der Waals surface area (Å²) < 4.78 is 5.72. The Morgan fingerprint density at radius 1 is 1.09 bits per heavy atom. The van der Waals surface area contributed by atoms with Crippen LogP contribution in [0, 0.1) is 17.3 Å². The molecular weight excluding hydrogens is 568 g/mol. The summed E-state index contributed by atoms with van der Waals surface area (Å²) in [5.74, 6) is -1.93. The van der Waals surface area contributed by atoms with E-state index < -0.39 is 48.0 Å². The van der Waals surface area contributed by atoms with E-state index in [4.69, 9.17) is 17.4 Å². The van der Waals surface area contributed by atoms with Gasteiger partial charge in [0.15, 0.2) is 0 Å². The largest absolute Gasteiger partial charge is 0.480 e. The SMILES string of the molecule is CCCCC/C=C\C(C)C(NC(=O)[C@@H]1CCCN1C(=O)CNC(=O)OC(CNCC1CCCCC1S)C(C)(C)C)C(=O)O. The summed E-state index contributed by atoms with van der Waals surface area (Å²) >= 11 is 4.73. The molecule has 1 aliphatic carbocycles. The zero-order chi connectivity index (χ0) is 32.0. The third-order valence-corrected chi connectivity index (χ3v) is 9.26. The maximum atomic E-state index is 13.1. The Bertz CT molecular complexity index is 939. The molecule has 2 aliphatic rings. The predicted molar refractivity (Wildman–Crippen MR) is 172 cm³/mol. The molecule has 1 aliphatic heterocycles. The highest BCUT2D eigenvalue weighted by Gasteiger charge is 2.37. The summed E-state index contributed by atoms with van der Waals surface area (Å²) in [6, 6.07) is -1.88. The highest BCUT2D eigenvalue weighted by Crippen LogP contribution is 2.28. The van der Waals surface area contributed by atoms with E-state index in [0.29, 0.717) is 37.1 Å². The Labute approximate surface area is 263 Å². The molecule has 0 aromatic carbocycles. The molecule has 11 heteroatoms. The summed E-state index contributed by atoms with van der Waals surface area (Å²) in [4.78, 5) is 52.2. The van der Waals surface area contributed by atoms with E-state index >= 15 is 0 Å². The van der Waals surface area contributed by atoms with Gasteiger partial charge >= 0.3 is 12.1 Å². The minimum Gasteiger partial charge on any atom is -0.480 e. The van der Waals surface area contributed by atoms with Gasteiger partial charge in [-0.15, -0.1) is 0 Å². The van der Waals surface area contributed by atoms with Crippen LogP contribution < -0.4 is 16.0 Å². The van der Waals surface area contributed by atoms with Crippen LogP contribution in [0.15, 0.2) is 12.2 Å². The van der Waals surface area contributed by atoms with E-state index in [9.17, 15) is 24.3 Å². The Morgan fingerprint density at radius 2 is 1.81 bits per heavy atom. The first-order chi connectivity index (χ1) is 20.3. The molecule has 1 heterocycles. The molecule has 3 amide bonds. The fraction of sp³-hybridized carbons (Fsp3) is 0.812. The lowest BCUT2D eigenvalue weighted by Gasteiger charge is -2.33. The van der Waals surface area contributed by atoms with Gasteiger partial charge in [-0.3, -0.25) is 9.59 Å². The summed E-state index contributed by atoms with van der Waals surface area (Å²) in [6.07, 6.45) is 12.6. The zero-order valence-electron chi connectivity index (χ0n) is 26.9. The van der Waals surface area contributed by atoms with Crippen molar-refractivity contribution in [2.75, 3.05) is 26.2 Å². The third kappa shape index (κ3) is 12.7. The van der Waals surface area contributed by atoms with E-state index in [1.807, 2.05) is 32.9 Å². The van der Waals surface area contributed by atoms with Crippen molar-refractivity contribution in [2.24, 2.45) is 17.3 Å².